The minimum Gasteiger partial charge on any atom is -0.493 e. The summed E-state index contributed by atoms with van der Waals surface area (Å²) in [6.07, 6.45) is 1.97. The van der Waals surface area contributed by atoms with Gasteiger partial charge in [0, 0.05) is 54.5 Å². The van der Waals surface area contributed by atoms with E-state index in [4.69, 9.17) is 23.7 Å². The molecule has 9 heteroatoms. The minimum atomic E-state index is -0.567. The van der Waals surface area contributed by atoms with Crippen LogP contribution in [0.15, 0.2) is 59.1 Å². The smallest absolute Gasteiger partial charge is 0.330 e. The Hall–Kier alpha value is -4.27. The maximum absolute atomic E-state index is 13.6. The number of fused-ring (bicyclic) bond motifs is 1. The van der Waals surface area contributed by atoms with Gasteiger partial charge < -0.3 is 29.0 Å². The summed E-state index contributed by atoms with van der Waals surface area (Å²) in [5.74, 6) is 2.00. The van der Waals surface area contributed by atoms with Crippen LogP contribution in [0.2, 0.25) is 0 Å². The second kappa shape index (κ2) is 10.2. The molecule has 0 bridgehead atoms. The first kappa shape index (κ1) is 27.9. The normalized spacial score (nSPS) is 20.5. The van der Waals surface area contributed by atoms with Gasteiger partial charge in [-0.3, -0.25) is 9.59 Å². The average Bonchev–Trinajstić information content (AvgIpc) is 3.37. The molecular formula is C33H35NO8. The fraction of sp³-hybridized carbons (Fsp3) is 0.424. The number of allylic oxidation sites excluding steroid dienone is 4. The third kappa shape index (κ3) is 5.24. The van der Waals surface area contributed by atoms with Crippen molar-refractivity contribution >= 4 is 23.2 Å². The highest BCUT2D eigenvalue weighted by Gasteiger charge is 2.48. The Kier molecular flexibility index (Phi) is 6.78. The van der Waals surface area contributed by atoms with E-state index in [0.29, 0.717) is 71.3 Å². The van der Waals surface area contributed by atoms with Crippen LogP contribution in [-0.2, 0) is 19.1 Å². The highest BCUT2D eigenvalue weighted by Crippen LogP contribution is 2.53. The molecule has 42 heavy (non-hydrogen) atoms. The van der Waals surface area contributed by atoms with Gasteiger partial charge in [-0.05, 0) is 40.7 Å². The topological polar surface area (TPSA) is 109 Å². The zero-order chi connectivity index (χ0) is 29.8. The van der Waals surface area contributed by atoms with Crippen LogP contribution >= 0.6 is 0 Å². The molecule has 0 aromatic heterocycles. The Labute approximate surface area is 244 Å². The monoisotopic (exact) mass is 573 g/mol. The van der Waals surface area contributed by atoms with E-state index in [1.54, 1.807) is 36.4 Å². The summed E-state index contributed by atoms with van der Waals surface area (Å²) in [5, 5.41) is 3.03. The third-order valence-corrected chi connectivity index (χ3v) is 8.14. The number of methoxy groups -OCH3 is 1. The van der Waals surface area contributed by atoms with Gasteiger partial charge >= 0.3 is 5.97 Å². The molecule has 0 atom stereocenters. The van der Waals surface area contributed by atoms with E-state index in [9.17, 15) is 14.4 Å². The summed E-state index contributed by atoms with van der Waals surface area (Å²) in [4.78, 5) is 39.9. The second-order valence-corrected chi connectivity index (χ2v) is 12.9. The number of hydrogen-bond donors (Lipinski definition) is 1. The van der Waals surface area contributed by atoms with Gasteiger partial charge in [-0.25, -0.2) is 4.79 Å². The lowest BCUT2D eigenvalue weighted by molar-refractivity contribution is -0.132. The van der Waals surface area contributed by atoms with Crippen LogP contribution in [-0.4, -0.2) is 38.0 Å². The molecule has 2 aromatic carbocycles. The van der Waals surface area contributed by atoms with E-state index in [-0.39, 0.29) is 41.5 Å². The molecule has 2 aliphatic carbocycles. The van der Waals surface area contributed by atoms with Crippen molar-refractivity contribution in [3.05, 3.63) is 64.6 Å². The highest BCUT2D eigenvalue weighted by atomic mass is 16.7. The predicted molar refractivity (Wildman–Crippen MR) is 154 cm³/mol. The Morgan fingerprint density at radius 2 is 1.50 bits per heavy atom. The van der Waals surface area contributed by atoms with Crippen molar-refractivity contribution in [2.75, 3.05) is 25.8 Å². The van der Waals surface area contributed by atoms with Crippen molar-refractivity contribution in [3.63, 3.8) is 0 Å². The molecule has 220 valence electrons. The summed E-state index contributed by atoms with van der Waals surface area (Å²) < 4.78 is 28.3. The van der Waals surface area contributed by atoms with Crippen LogP contribution in [0.4, 0.5) is 5.69 Å². The third-order valence-electron chi connectivity index (χ3n) is 8.14. The van der Waals surface area contributed by atoms with E-state index >= 15 is 0 Å². The number of rotatable bonds is 6. The van der Waals surface area contributed by atoms with Crippen LogP contribution in [0, 0.1) is 10.8 Å². The largest absolute Gasteiger partial charge is 0.493 e. The van der Waals surface area contributed by atoms with Crippen molar-refractivity contribution < 1.29 is 38.1 Å². The Morgan fingerprint density at radius 1 is 0.857 bits per heavy atom. The summed E-state index contributed by atoms with van der Waals surface area (Å²) in [5.41, 5.74) is 2.01. The number of ether oxygens (including phenoxy) is 5. The number of benzene rings is 2. The van der Waals surface area contributed by atoms with Gasteiger partial charge in [0.25, 0.3) is 0 Å². The molecule has 2 aromatic rings. The van der Waals surface area contributed by atoms with Crippen LogP contribution in [0.5, 0.6) is 23.0 Å². The number of esters is 1. The molecule has 0 radical (unpaired) electrons. The zero-order valence-electron chi connectivity index (χ0n) is 24.6. The number of carbonyl (C=O) groups excluding carboxylic acids is 3. The number of carbonyl (C=O) groups is 3. The number of ketones is 2. The summed E-state index contributed by atoms with van der Waals surface area (Å²) in [6, 6.07) is 10.5. The highest BCUT2D eigenvalue weighted by molar-refractivity contribution is 6.06. The standard InChI is InChI=1S/C33H35NO8/c1-32(2)12-20(35)30-26(14-32)41-27-15-33(3,4)13-21(36)31(27)29(30)18-6-8-23(24(10-18)38-5)42-28(37)16-34-19-7-9-22-25(11-19)40-17-39-22/h6-11,29,34H,12-17H2,1-5H3. The van der Waals surface area contributed by atoms with Crippen LogP contribution in [0.3, 0.4) is 0 Å². The Bertz CT molecular complexity index is 1510. The lowest BCUT2D eigenvalue weighted by Crippen LogP contribution is -2.37. The molecule has 4 aliphatic rings. The number of anilines is 1. The van der Waals surface area contributed by atoms with E-state index in [0.717, 1.165) is 5.56 Å². The zero-order valence-corrected chi connectivity index (χ0v) is 24.6. The Morgan fingerprint density at radius 3 is 2.14 bits per heavy atom. The summed E-state index contributed by atoms with van der Waals surface area (Å²) in [6.45, 7) is 8.30. The molecule has 0 spiro atoms. The van der Waals surface area contributed by atoms with E-state index in [1.807, 2.05) is 0 Å². The second-order valence-electron chi connectivity index (χ2n) is 12.9. The maximum atomic E-state index is 13.6. The van der Waals surface area contributed by atoms with Crippen molar-refractivity contribution in [2.45, 2.75) is 59.3 Å². The quantitative estimate of drug-likeness (QED) is 0.337. The van der Waals surface area contributed by atoms with E-state index < -0.39 is 11.9 Å². The van der Waals surface area contributed by atoms with Gasteiger partial charge in [-0.2, -0.15) is 0 Å². The number of nitrogens with one attached hydrogen (secondary N) is 1. The first-order chi connectivity index (χ1) is 19.9. The molecule has 2 heterocycles. The van der Waals surface area contributed by atoms with Crippen molar-refractivity contribution in [1.82, 2.24) is 0 Å². The fourth-order valence-corrected chi connectivity index (χ4v) is 6.30. The van der Waals surface area contributed by atoms with Gasteiger partial charge in [-0.15, -0.1) is 0 Å². The molecule has 0 saturated carbocycles. The average molecular weight is 574 g/mol. The fourth-order valence-electron chi connectivity index (χ4n) is 6.30. The van der Waals surface area contributed by atoms with Crippen LogP contribution in [0.25, 0.3) is 0 Å². The summed E-state index contributed by atoms with van der Waals surface area (Å²) >= 11 is 0. The SMILES string of the molecule is COc1cc(C2C3=C(CC(C)(C)CC3=O)OC3=C2C(=O)CC(C)(C)C3)ccc1OC(=O)CNc1ccc2c(c1)OCO2. The van der Waals surface area contributed by atoms with Gasteiger partial charge in [-0.1, -0.05) is 33.8 Å². The van der Waals surface area contributed by atoms with Crippen molar-refractivity contribution in [3.8, 4) is 23.0 Å². The Balaban J connectivity index is 1.28. The van der Waals surface area contributed by atoms with Crippen LogP contribution in [0.1, 0.15) is 64.9 Å². The van der Waals surface area contributed by atoms with E-state index in [1.165, 1.54) is 7.11 Å². The first-order valence-electron chi connectivity index (χ1n) is 14.2. The van der Waals surface area contributed by atoms with Crippen molar-refractivity contribution in [1.29, 1.82) is 0 Å². The number of hydrogen-bond acceptors (Lipinski definition) is 9. The number of Topliss-reactive ketones (excluding diaryl/α,β-unsaturated/α-hetero) is 2. The lowest BCUT2D eigenvalue weighted by atomic mass is 9.65. The molecule has 6 rings (SSSR count). The van der Waals surface area contributed by atoms with Gasteiger partial charge in [0.05, 0.1) is 7.11 Å². The van der Waals surface area contributed by atoms with Gasteiger partial charge in [0.15, 0.2) is 34.6 Å². The minimum absolute atomic E-state index is 0.0144. The van der Waals surface area contributed by atoms with Gasteiger partial charge in [0.1, 0.15) is 18.1 Å². The molecule has 0 saturated heterocycles. The molecule has 0 fully saturated rings. The molecule has 2 aliphatic heterocycles. The predicted octanol–water partition coefficient (Wildman–Crippen LogP) is 5.84. The van der Waals surface area contributed by atoms with Crippen LogP contribution < -0.4 is 24.3 Å². The summed E-state index contributed by atoms with van der Waals surface area (Å²) in [7, 11) is 1.49. The lowest BCUT2D eigenvalue weighted by Gasteiger charge is -2.42. The molecule has 1 N–H and O–H groups in total. The molecule has 0 amide bonds. The molecule has 9 nitrogen and oxygen atoms in total. The maximum Gasteiger partial charge on any atom is 0.330 e. The van der Waals surface area contributed by atoms with Gasteiger partial charge in [0.2, 0.25) is 6.79 Å². The molecule has 0 unspecified atom stereocenters. The first-order valence-corrected chi connectivity index (χ1v) is 14.2. The van der Waals surface area contributed by atoms with Crippen molar-refractivity contribution in [2.24, 2.45) is 10.8 Å². The van der Waals surface area contributed by atoms with E-state index in [2.05, 4.69) is 33.0 Å². The molecular weight excluding hydrogens is 538 g/mol.